The van der Waals surface area contributed by atoms with Gasteiger partial charge in [0.2, 0.25) is 5.91 Å². The van der Waals surface area contributed by atoms with Gasteiger partial charge in [-0.3, -0.25) is 14.6 Å². The van der Waals surface area contributed by atoms with E-state index < -0.39 is 11.2 Å². The van der Waals surface area contributed by atoms with Crippen LogP contribution in [-0.4, -0.2) is 22.4 Å². The molecule has 0 saturated carbocycles. The molecular weight excluding hydrogens is 277 g/mol. The highest BCUT2D eigenvalue weighted by Gasteiger charge is 2.06. The lowest BCUT2D eigenvalue weighted by molar-refractivity contribution is -0.120. The Bertz CT molecular complexity index is 723. The van der Waals surface area contributed by atoms with Crippen molar-refractivity contribution in [2.75, 3.05) is 6.54 Å². The van der Waals surface area contributed by atoms with Gasteiger partial charge in [0.25, 0.3) is 5.56 Å². The first-order chi connectivity index (χ1) is 10.0. The number of hydrogen-bond donors (Lipinski definition) is 3. The molecule has 0 bridgehead atoms. The molecule has 0 aliphatic rings. The van der Waals surface area contributed by atoms with E-state index in [1.807, 2.05) is 4.98 Å². The number of benzene rings is 1. The van der Waals surface area contributed by atoms with Crippen LogP contribution in [0.4, 0.5) is 4.39 Å². The van der Waals surface area contributed by atoms with Gasteiger partial charge in [-0.25, -0.2) is 9.18 Å². The molecule has 0 saturated heterocycles. The zero-order valence-corrected chi connectivity index (χ0v) is 11.1. The van der Waals surface area contributed by atoms with Crippen LogP contribution in [-0.2, 0) is 17.6 Å². The van der Waals surface area contributed by atoms with Crippen LogP contribution in [0.15, 0.2) is 39.9 Å². The first-order valence-electron chi connectivity index (χ1n) is 6.37. The first kappa shape index (κ1) is 14.7. The Morgan fingerprint density at radius 1 is 1.19 bits per heavy atom. The second kappa shape index (κ2) is 6.65. The van der Waals surface area contributed by atoms with Gasteiger partial charge in [0.05, 0.1) is 6.42 Å². The average Bonchev–Trinajstić information content (AvgIpc) is 2.39. The Morgan fingerprint density at radius 2 is 1.95 bits per heavy atom. The van der Waals surface area contributed by atoms with Crippen LogP contribution < -0.4 is 16.6 Å². The number of aromatic nitrogens is 2. The number of carbonyl (C=O) groups is 1. The zero-order chi connectivity index (χ0) is 15.2. The quantitative estimate of drug-likeness (QED) is 0.729. The standard InChI is InChI=1S/C14H14FN3O3/c15-11-4-2-1-3-9(11)5-6-16-12(19)7-10-8-13(20)18-14(21)17-10/h1-4,8H,5-7H2,(H,16,19)(H2,17,18,20,21). The average molecular weight is 291 g/mol. The highest BCUT2D eigenvalue weighted by Crippen LogP contribution is 2.06. The predicted octanol–water partition coefficient (Wildman–Crippen LogP) is 0.104. The molecule has 2 rings (SSSR count). The molecule has 2 aromatic rings. The fraction of sp³-hybridized carbons (Fsp3) is 0.214. The van der Waals surface area contributed by atoms with Crippen molar-refractivity contribution < 1.29 is 9.18 Å². The molecule has 1 heterocycles. The summed E-state index contributed by atoms with van der Waals surface area (Å²) in [4.78, 5) is 38.2. The third kappa shape index (κ3) is 4.41. The van der Waals surface area contributed by atoms with Crippen LogP contribution in [0.2, 0.25) is 0 Å². The molecule has 6 nitrogen and oxygen atoms in total. The largest absolute Gasteiger partial charge is 0.355 e. The van der Waals surface area contributed by atoms with E-state index in [0.717, 1.165) is 6.07 Å². The van der Waals surface area contributed by atoms with Gasteiger partial charge in [-0.05, 0) is 18.1 Å². The molecular formula is C14H14FN3O3. The van der Waals surface area contributed by atoms with Crippen molar-refractivity contribution in [2.24, 2.45) is 0 Å². The first-order valence-corrected chi connectivity index (χ1v) is 6.37. The molecule has 0 radical (unpaired) electrons. The molecule has 1 aromatic heterocycles. The van der Waals surface area contributed by atoms with Crippen LogP contribution in [0.3, 0.4) is 0 Å². The lowest BCUT2D eigenvalue weighted by Gasteiger charge is -2.06. The van der Waals surface area contributed by atoms with Crippen molar-refractivity contribution in [1.82, 2.24) is 15.3 Å². The van der Waals surface area contributed by atoms with Gasteiger partial charge in [-0.1, -0.05) is 18.2 Å². The summed E-state index contributed by atoms with van der Waals surface area (Å²) in [5.41, 5.74) is -0.473. The number of carbonyl (C=O) groups excluding carboxylic acids is 1. The van der Waals surface area contributed by atoms with Gasteiger partial charge < -0.3 is 10.3 Å². The van der Waals surface area contributed by atoms with Crippen molar-refractivity contribution >= 4 is 5.91 Å². The fourth-order valence-electron chi connectivity index (χ4n) is 1.89. The summed E-state index contributed by atoms with van der Waals surface area (Å²) in [7, 11) is 0. The molecule has 0 aliphatic heterocycles. The Labute approximate surface area is 119 Å². The van der Waals surface area contributed by atoms with Crippen molar-refractivity contribution in [3.05, 3.63) is 68.2 Å². The highest BCUT2D eigenvalue weighted by atomic mass is 19.1. The van der Waals surface area contributed by atoms with Gasteiger partial charge in [0.1, 0.15) is 5.82 Å². The van der Waals surface area contributed by atoms with E-state index >= 15 is 0 Å². The number of H-pyrrole nitrogens is 2. The topological polar surface area (TPSA) is 94.8 Å². The second-order valence-electron chi connectivity index (χ2n) is 4.48. The zero-order valence-electron chi connectivity index (χ0n) is 11.1. The minimum absolute atomic E-state index is 0.115. The Balaban J connectivity index is 1.86. The molecule has 1 amide bonds. The number of hydrogen-bond acceptors (Lipinski definition) is 3. The Hall–Kier alpha value is -2.70. The van der Waals surface area contributed by atoms with Crippen LogP contribution >= 0.6 is 0 Å². The van der Waals surface area contributed by atoms with Gasteiger partial charge in [-0.2, -0.15) is 0 Å². The molecule has 0 spiro atoms. The second-order valence-corrected chi connectivity index (χ2v) is 4.48. The van der Waals surface area contributed by atoms with E-state index in [9.17, 15) is 18.8 Å². The lowest BCUT2D eigenvalue weighted by Crippen LogP contribution is -2.30. The van der Waals surface area contributed by atoms with Crippen LogP contribution in [0, 0.1) is 5.82 Å². The van der Waals surface area contributed by atoms with Crippen LogP contribution in [0.1, 0.15) is 11.3 Å². The summed E-state index contributed by atoms with van der Waals surface area (Å²) in [6, 6.07) is 7.48. The molecule has 1 aromatic carbocycles. The number of aromatic amines is 2. The summed E-state index contributed by atoms with van der Waals surface area (Å²) >= 11 is 0. The molecule has 21 heavy (non-hydrogen) atoms. The molecule has 110 valence electrons. The van der Waals surface area contributed by atoms with Crippen LogP contribution in [0.25, 0.3) is 0 Å². The molecule has 0 unspecified atom stereocenters. The third-order valence-corrected chi connectivity index (χ3v) is 2.84. The molecule has 3 N–H and O–H groups in total. The predicted molar refractivity (Wildman–Crippen MR) is 74.5 cm³/mol. The van der Waals surface area contributed by atoms with Gasteiger partial charge >= 0.3 is 5.69 Å². The van der Waals surface area contributed by atoms with E-state index in [1.165, 1.54) is 6.07 Å². The smallest absolute Gasteiger partial charge is 0.325 e. The van der Waals surface area contributed by atoms with Gasteiger partial charge in [-0.15, -0.1) is 0 Å². The number of nitrogens with one attached hydrogen (secondary N) is 3. The van der Waals surface area contributed by atoms with Crippen molar-refractivity contribution in [1.29, 1.82) is 0 Å². The minimum Gasteiger partial charge on any atom is -0.355 e. The summed E-state index contributed by atoms with van der Waals surface area (Å²) in [6.45, 7) is 0.271. The Kier molecular flexibility index (Phi) is 4.65. The van der Waals surface area contributed by atoms with Crippen molar-refractivity contribution in [3.8, 4) is 0 Å². The summed E-state index contributed by atoms with van der Waals surface area (Å²) < 4.78 is 13.4. The third-order valence-electron chi connectivity index (χ3n) is 2.84. The normalized spacial score (nSPS) is 10.3. The molecule has 0 aliphatic carbocycles. The van der Waals surface area contributed by atoms with E-state index in [2.05, 4.69) is 10.3 Å². The summed E-state index contributed by atoms with van der Waals surface area (Å²) in [6.07, 6.45) is 0.251. The van der Waals surface area contributed by atoms with Crippen molar-refractivity contribution in [2.45, 2.75) is 12.8 Å². The molecule has 0 atom stereocenters. The number of amides is 1. The maximum Gasteiger partial charge on any atom is 0.325 e. The summed E-state index contributed by atoms with van der Waals surface area (Å²) in [5, 5.41) is 2.61. The fourth-order valence-corrected chi connectivity index (χ4v) is 1.89. The number of halogens is 1. The molecule has 7 heteroatoms. The van der Waals surface area contributed by atoms with Gasteiger partial charge in [0.15, 0.2) is 0 Å². The highest BCUT2D eigenvalue weighted by molar-refractivity contribution is 5.78. The Morgan fingerprint density at radius 3 is 2.67 bits per heavy atom. The van der Waals surface area contributed by atoms with E-state index in [1.54, 1.807) is 18.2 Å². The lowest BCUT2D eigenvalue weighted by atomic mass is 10.1. The maximum atomic E-state index is 13.4. The van der Waals surface area contributed by atoms with Gasteiger partial charge in [0, 0.05) is 18.3 Å². The monoisotopic (exact) mass is 291 g/mol. The summed E-state index contributed by atoms with van der Waals surface area (Å²) in [5.74, 6) is -0.668. The maximum absolute atomic E-state index is 13.4. The van der Waals surface area contributed by atoms with Crippen LogP contribution in [0.5, 0.6) is 0 Å². The molecule has 0 fully saturated rings. The SMILES string of the molecule is O=C(Cc1cc(=O)[nH]c(=O)[nH]1)NCCc1ccccc1F. The number of rotatable bonds is 5. The van der Waals surface area contributed by atoms with E-state index in [4.69, 9.17) is 0 Å². The van der Waals surface area contributed by atoms with E-state index in [0.29, 0.717) is 12.0 Å². The van der Waals surface area contributed by atoms with E-state index in [-0.39, 0.29) is 30.4 Å². The minimum atomic E-state index is -0.656. The van der Waals surface area contributed by atoms with Crippen molar-refractivity contribution in [3.63, 3.8) is 0 Å².